The lowest BCUT2D eigenvalue weighted by molar-refractivity contribution is 0.254. The number of fused-ring (bicyclic) bond motifs is 1. The van der Waals surface area contributed by atoms with Gasteiger partial charge in [0.1, 0.15) is 11.3 Å². The van der Waals surface area contributed by atoms with Gasteiger partial charge in [-0.25, -0.2) is 4.39 Å². The molecule has 0 spiro atoms. The summed E-state index contributed by atoms with van der Waals surface area (Å²) in [6, 6.07) is 14.6. The van der Waals surface area contributed by atoms with Crippen LogP contribution in [0.1, 0.15) is 6.42 Å². The maximum atomic E-state index is 13.0. The molecule has 7 nitrogen and oxygen atoms in total. The minimum absolute atomic E-state index is 0.285. The number of nitrogens with zero attached hydrogens (tertiary/aromatic N) is 5. The zero-order valence-corrected chi connectivity index (χ0v) is 17.7. The molecular formula is C22H22FN5O2S. The molecule has 1 saturated heterocycles. The van der Waals surface area contributed by atoms with Crippen LogP contribution in [0.4, 0.5) is 10.4 Å². The van der Waals surface area contributed by atoms with Crippen LogP contribution in [-0.4, -0.2) is 58.6 Å². The van der Waals surface area contributed by atoms with Crippen LogP contribution >= 0.6 is 11.8 Å². The van der Waals surface area contributed by atoms with Crippen molar-refractivity contribution >= 4 is 28.9 Å². The molecule has 4 aromatic rings. The van der Waals surface area contributed by atoms with Crippen molar-refractivity contribution in [1.82, 2.24) is 20.1 Å². The first-order chi connectivity index (χ1) is 15.2. The van der Waals surface area contributed by atoms with Gasteiger partial charge in [0, 0.05) is 37.5 Å². The summed E-state index contributed by atoms with van der Waals surface area (Å²) in [6.07, 6.45) is 1.03. The van der Waals surface area contributed by atoms with E-state index in [1.54, 1.807) is 23.9 Å². The first-order valence-electron chi connectivity index (χ1n) is 10.3. The van der Waals surface area contributed by atoms with Gasteiger partial charge in [-0.1, -0.05) is 23.9 Å². The number of oxazole rings is 1. The largest absolute Gasteiger partial charge is 0.423 e. The summed E-state index contributed by atoms with van der Waals surface area (Å²) in [6.45, 7) is 4.81. The van der Waals surface area contributed by atoms with Crippen molar-refractivity contribution in [2.45, 2.75) is 11.6 Å². The topological polar surface area (TPSA) is 71.4 Å². The highest BCUT2D eigenvalue weighted by molar-refractivity contribution is 7.99. The Kier molecular flexibility index (Phi) is 5.86. The van der Waals surface area contributed by atoms with E-state index >= 15 is 0 Å². The highest BCUT2D eigenvalue weighted by Crippen LogP contribution is 2.25. The van der Waals surface area contributed by atoms with Crippen molar-refractivity contribution in [3.05, 3.63) is 54.3 Å². The fourth-order valence-electron chi connectivity index (χ4n) is 3.58. The monoisotopic (exact) mass is 439 g/mol. The van der Waals surface area contributed by atoms with Crippen LogP contribution in [0.2, 0.25) is 0 Å². The Morgan fingerprint density at radius 3 is 2.55 bits per heavy atom. The van der Waals surface area contributed by atoms with Crippen LogP contribution in [0.15, 0.2) is 62.6 Å². The van der Waals surface area contributed by atoms with Crippen molar-refractivity contribution < 1.29 is 13.2 Å². The van der Waals surface area contributed by atoms with Crippen molar-refractivity contribution in [3.63, 3.8) is 0 Å². The first kappa shape index (κ1) is 20.0. The van der Waals surface area contributed by atoms with Crippen LogP contribution in [0.3, 0.4) is 0 Å². The number of hydrogen-bond donors (Lipinski definition) is 0. The van der Waals surface area contributed by atoms with Crippen molar-refractivity contribution in [2.75, 3.05) is 43.4 Å². The van der Waals surface area contributed by atoms with Crippen LogP contribution in [-0.2, 0) is 0 Å². The fourth-order valence-corrected chi connectivity index (χ4v) is 4.27. The maximum Gasteiger partial charge on any atom is 0.298 e. The van der Waals surface area contributed by atoms with E-state index in [9.17, 15) is 4.39 Å². The van der Waals surface area contributed by atoms with Gasteiger partial charge in [-0.2, -0.15) is 4.98 Å². The van der Waals surface area contributed by atoms with Crippen molar-refractivity contribution in [2.24, 2.45) is 0 Å². The quantitative estimate of drug-likeness (QED) is 0.311. The molecule has 0 aliphatic carbocycles. The normalized spacial score (nSPS) is 15.1. The van der Waals surface area contributed by atoms with Gasteiger partial charge in [-0.05, 0) is 49.4 Å². The molecule has 1 aliphatic heterocycles. The Labute approximate surface area is 183 Å². The number of aromatic nitrogens is 3. The number of hydrogen-bond acceptors (Lipinski definition) is 8. The molecule has 0 atom stereocenters. The van der Waals surface area contributed by atoms with Gasteiger partial charge in [0.2, 0.25) is 5.89 Å². The molecule has 0 unspecified atom stereocenters. The molecule has 1 aliphatic rings. The highest BCUT2D eigenvalue weighted by Gasteiger charge is 2.20. The third-order valence-electron chi connectivity index (χ3n) is 5.27. The van der Waals surface area contributed by atoms with E-state index in [0.717, 1.165) is 61.6 Å². The van der Waals surface area contributed by atoms with Crippen LogP contribution in [0.25, 0.3) is 22.6 Å². The number of rotatable bonds is 7. The van der Waals surface area contributed by atoms with Crippen LogP contribution in [0.5, 0.6) is 0 Å². The molecule has 0 amide bonds. The third-order valence-corrected chi connectivity index (χ3v) is 6.17. The summed E-state index contributed by atoms with van der Waals surface area (Å²) in [5.74, 6) is 1.03. The Morgan fingerprint density at radius 1 is 0.935 bits per heavy atom. The van der Waals surface area contributed by atoms with E-state index in [2.05, 4.69) is 25.0 Å². The predicted octanol–water partition coefficient (Wildman–Crippen LogP) is 4.32. The summed E-state index contributed by atoms with van der Waals surface area (Å²) in [4.78, 5) is 9.26. The molecule has 1 fully saturated rings. The second kappa shape index (κ2) is 9.07. The van der Waals surface area contributed by atoms with E-state index in [-0.39, 0.29) is 5.82 Å². The molecule has 2 aromatic heterocycles. The Hall–Kier alpha value is -2.91. The van der Waals surface area contributed by atoms with Gasteiger partial charge >= 0.3 is 0 Å². The van der Waals surface area contributed by atoms with Crippen LogP contribution < -0.4 is 4.90 Å². The number of piperazine rings is 1. The Balaban J connectivity index is 1.05. The van der Waals surface area contributed by atoms with E-state index in [0.29, 0.717) is 17.1 Å². The molecule has 0 N–H and O–H groups in total. The van der Waals surface area contributed by atoms with Gasteiger partial charge in [-0.15, -0.1) is 10.2 Å². The van der Waals surface area contributed by atoms with Gasteiger partial charge in [-0.3, -0.25) is 4.90 Å². The minimum Gasteiger partial charge on any atom is -0.423 e. The predicted molar refractivity (Wildman–Crippen MR) is 118 cm³/mol. The Bertz CT molecular complexity index is 1110. The number of benzene rings is 2. The number of halogens is 1. The van der Waals surface area contributed by atoms with E-state index < -0.39 is 0 Å². The summed E-state index contributed by atoms with van der Waals surface area (Å²) in [5.41, 5.74) is 2.46. The minimum atomic E-state index is -0.285. The van der Waals surface area contributed by atoms with Gasteiger partial charge < -0.3 is 13.7 Å². The van der Waals surface area contributed by atoms with Gasteiger partial charge in [0.15, 0.2) is 5.58 Å². The second-order valence-electron chi connectivity index (χ2n) is 7.37. The average Bonchev–Trinajstić information content (AvgIpc) is 3.45. The van der Waals surface area contributed by atoms with Crippen molar-refractivity contribution in [3.8, 4) is 11.5 Å². The molecule has 2 aromatic carbocycles. The lowest BCUT2D eigenvalue weighted by Gasteiger charge is -2.33. The van der Waals surface area contributed by atoms with Gasteiger partial charge in [0.25, 0.3) is 11.2 Å². The SMILES string of the molecule is Fc1ccc(-c2nnc(SCCCN3CCN(c4nc5ccccc5o4)CC3)o2)cc1. The zero-order valence-electron chi connectivity index (χ0n) is 16.9. The number of para-hydroxylation sites is 2. The Morgan fingerprint density at radius 2 is 1.74 bits per heavy atom. The lowest BCUT2D eigenvalue weighted by atomic mass is 10.2. The molecular weight excluding hydrogens is 417 g/mol. The molecule has 3 heterocycles. The lowest BCUT2D eigenvalue weighted by Crippen LogP contribution is -2.46. The standard InChI is InChI=1S/C22H22FN5O2S/c23-17-8-6-16(7-9-17)20-25-26-22(30-20)31-15-3-10-27-11-13-28(14-12-27)21-24-18-4-1-2-5-19(18)29-21/h1-2,4-9H,3,10-15H2. The van der Waals surface area contributed by atoms with Crippen LogP contribution in [0, 0.1) is 5.82 Å². The smallest absolute Gasteiger partial charge is 0.298 e. The number of anilines is 1. The molecule has 9 heteroatoms. The molecule has 0 bridgehead atoms. The van der Waals surface area contributed by atoms with Crippen molar-refractivity contribution in [1.29, 1.82) is 0 Å². The molecule has 5 rings (SSSR count). The summed E-state index contributed by atoms with van der Waals surface area (Å²) < 4.78 is 24.6. The summed E-state index contributed by atoms with van der Waals surface area (Å²) in [7, 11) is 0. The zero-order chi connectivity index (χ0) is 21.0. The van der Waals surface area contributed by atoms with E-state index in [4.69, 9.17) is 8.83 Å². The third kappa shape index (κ3) is 4.72. The van der Waals surface area contributed by atoms with Gasteiger partial charge in [0.05, 0.1) is 0 Å². The number of thioether (sulfide) groups is 1. The molecule has 160 valence electrons. The fraction of sp³-hybridized carbons (Fsp3) is 0.318. The maximum absolute atomic E-state index is 13.0. The summed E-state index contributed by atoms with van der Waals surface area (Å²) >= 11 is 1.55. The molecule has 0 radical (unpaired) electrons. The van der Waals surface area contributed by atoms with E-state index in [1.807, 2.05) is 24.3 Å². The first-order valence-corrected chi connectivity index (χ1v) is 11.3. The average molecular weight is 440 g/mol. The molecule has 31 heavy (non-hydrogen) atoms. The van der Waals surface area contributed by atoms with E-state index in [1.165, 1.54) is 12.1 Å². The summed E-state index contributed by atoms with van der Waals surface area (Å²) in [5, 5.41) is 8.66. The molecule has 0 saturated carbocycles. The second-order valence-corrected chi connectivity index (χ2v) is 8.42. The highest BCUT2D eigenvalue weighted by atomic mass is 32.2.